The van der Waals surface area contributed by atoms with Crippen LogP contribution in [-0.2, 0) is 0 Å². The minimum Gasteiger partial charge on any atom is -0.287 e. The Hall–Kier alpha value is -3.77. The molecule has 0 amide bonds. The van der Waals surface area contributed by atoms with E-state index in [1.165, 1.54) is 10.9 Å². The van der Waals surface area contributed by atoms with Crippen LogP contribution >= 0.6 is 11.6 Å². The Kier molecular flexibility index (Phi) is 5.45. The van der Waals surface area contributed by atoms with Gasteiger partial charge in [0.2, 0.25) is 0 Å². The number of hydrogen-bond acceptors (Lipinski definition) is 4. The summed E-state index contributed by atoms with van der Waals surface area (Å²) in [6, 6.07) is 25.7. The van der Waals surface area contributed by atoms with Gasteiger partial charge >= 0.3 is 0 Å². The molecule has 142 valence electrons. The largest absolute Gasteiger partial charge is 0.299 e. The second-order valence-electron chi connectivity index (χ2n) is 6.10. The lowest BCUT2D eigenvalue weighted by Gasteiger charge is -1.99. The molecule has 3 aromatic carbocycles. The highest BCUT2D eigenvalue weighted by molar-refractivity contribution is 6.33. The van der Waals surface area contributed by atoms with E-state index in [1.807, 2.05) is 72.8 Å². The second-order valence-corrected chi connectivity index (χ2v) is 6.50. The van der Waals surface area contributed by atoms with Gasteiger partial charge in [-0.05, 0) is 36.4 Å². The van der Waals surface area contributed by atoms with Gasteiger partial charge in [-0.25, -0.2) is 4.68 Å². The van der Waals surface area contributed by atoms with Crippen molar-refractivity contribution in [2.75, 3.05) is 0 Å². The fraction of sp³-hybridized carbons (Fsp3) is 0. The molecular weight excluding hydrogens is 386 g/mol. The van der Waals surface area contributed by atoms with Crippen molar-refractivity contribution in [2.24, 2.45) is 15.2 Å². The van der Waals surface area contributed by atoms with Crippen LogP contribution in [0.5, 0.6) is 0 Å². The molecule has 1 aromatic heterocycles. The van der Waals surface area contributed by atoms with E-state index in [9.17, 15) is 4.79 Å². The van der Waals surface area contributed by atoms with Crippen LogP contribution in [0.25, 0.3) is 5.69 Å². The first kappa shape index (κ1) is 18.6. The van der Waals surface area contributed by atoms with Gasteiger partial charge in [-0.15, -0.1) is 5.11 Å². The minimum absolute atomic E-state index is 0.161. The van der Waals surface area contributed by atoms with Crippen LogP contribution in [0, 0.1) is 0 Å². The number of H-pyrrole nitrogens is 1. The number of nitrogens with one attached hydrogen (secondary N) is 1. The summed E-state index contributed by atoms with van der Waals surface area (Å²) in [4.78, 5) is 17.4. The Morgan fingerprint density at radius 2 is 1.48 bits per heavy atom. The normalized spacial score (nSPS) is 11.5. The van der Waals surface area contributed by atoms with Gasteiger partial charge in [0.05, 0.1) is 28.3 Å². The first-order chi connectivity index (χ1) is 14.2. The number of benzene rings is 3. The molecule has 7 heteroatoms. The Labute approximate surface area is 171 Å². The second kappa shape index (κ2) is 8.50. The first-order valence-corrected chi connectivity index (χ1v) is 9.26. The van der Waals surface area contributed by atoms with Crippen molar-refractivity contribution in [3.05, 3.63) is 106 Å². The summed E-state index contributed by atoms with van der Waals surface area (Å²) in [5.74, 6) is 0. The molecule has 0 aliphatic rings. The number of nitrogens with zero attached hydrogens (tertiary/aromatic N) is 4. The predicted molar refractivity (Wildman–Crippen MR) is 116 cm³/mol. The maximum absolute atomic E-state index is 13.0. The van der Waals surface area contributed by atoms with Crippen molar-refractivity contribution >= 4 is 34.9 Å². The highest BCUT2D eigenvalue weighted by Crippen LogP contribution is 2.24. The predicted octanol–water partition coefficient (Wildman–Crippen LogP) is 5.99. The van der Waals surface area contributed by atoms with E-state index in [-0.39, 0.29) is 11.2 Å². The number of aliphatic imine (C=N–C) groups is 1. The average molecular weight is 402 g/mol. The third kappa shape index (κ3) is 4.23. The molecule has 4 rings (SSSR count). The topological polar surface area (TPSA) is 74.9 Å². The smallest absolute Gasteiger partial charge is 0.287 e. The van der Waals surface area contributed by atoms with E-state index in [2.05, 4.69) is 20.3 Å². The maximum atomic E-state index is 13.0. The zero-order chi connectivity index (χ0) is 20.1. The summed E-state index contributed by atoms with van der Waals surface area (Å²) in [5.41, 5.74) is 2.19. The van der Waals surface area contributed by atoms with Gasteiger partial charge in [0.1, 0.15) is 5.69 Å². The molecule has 0 unspecified atom stereocenters. The van der Waals surface area contributed by atoms with Crippen molar-refractivity contribution in [2.45, 2.75) is 0 Å². The zero-order valence-corrected chi connectivity index (χ0v) is 16.0. The highest BCUT2D eigenvalue weighted by Gasteiger charge is 2.14. The Morgan fingerprint density at radius 1 is 0.828 bits per heavy atom. The molecule has 0 bridgehead atoms. The van der Waals surface area contributed by atoms with Crippen molar-refractivity contribution in [1.82, 2.24) is 9.78 Å². The molecule has 4 aromatic rings. The molecule has 1 N–H and O–H groups in total. The number of hydrogen-bond donors (Lipinski definition) is 1. The van der Waals surface area contributed by atoms with Crippen LogP contribution in [-0.4, -0.2) is 16.0 Å². The van der Waals surface area contributed by atoms with E-state index in [0.717, 1.165) is 0 Å². The number of halogens is 1. The summed E-state index contributed by atoms with van der Waals surface area (Å²) in [6.45, 7) is 0. The van der Waals surface area contributed by atoms with Crippen LogP contribution in [0.2, 0.25) is 5.02 Å². The van der Waals surface area contributed by atoms with E-state index < -0.39 is 0 Å². The average Bonchev–Trinajstić information content (AvgIpc) is 3.08. The van der Waals surface area contributed by atoms with E-state index in [1.54, 1.807) is 12.1 Å². The van der Waals surface area contributed by atoms with Gasteiger partial charge in [0.25, 0.3) is 5.56 Å². The summed E-state index contributed by atoms with van der Waals surface area (Å²) in [7, 11) is 0. The van der Waals surface area contributed by atoms with E-state index in [4.69, 9.17) is 11.6 Å². The monoisotopic (exact) mass is 401 g/mol. The SMILES string of the molecule is O=c1c(N=Nc2ccccc2)c(C=Nc2ccccc2Cl)[nH]n1-c1ccccc1. The summed E-state index contributed by atoms with van der Waals surface area (Å²) >= 11 is 6.17. The molecule has 0 fully saturated rings. The summed E-state index contributed by atoms with van der Waals surface area (Å²) in [5, 5.41) is 11.9. The van der Waals surface area contributed by atoms with Gasteiger partial charge < -0.3 is 0 Å². The van der Waals surface area contributed by atoms with E-state index >= 15 is 0 Å². The molecule has 0 radical (unpaired) electrons. The van der Waals surface area contributed by atoms with Crippen LogP contribution in [0.4, 0.5) is 17.1 Å². The molecule has 1 heterocycles. The summed E-state index contributed by atoms with van der Waals surface area (Å²) < 4.78 is 1.41. The van der Waals surface area contributed by atoms with Crippen molar-refractivity contribution in [3.63, 3.8) is 0 Å². The Bertz CT molecular complexity index is 1230. The van der Waals surface area contributed by atoms with Crippen molar-refractivity contribution in [3.8, 4) is 5.69 Å². The van der Waals surface area contributed by atoms with Gasteiger partial charge in [-0.3, -0.25) is 14.9 Å². The lowest BCUT2D eigenvalue weighted by Crippen LogP contribution is -2.13. The van der Waals surface area contributed by atoms with Crippen molar-refractivity contribution < 1.29 is 0 Å². The minimum atomic E-state index is -0.323. The standard InChI is InChI=1S/C22H16ClN5O/c23-18-13-7-8-14-19(18)24-15-20-21(26-25-16-9-3-1-4-10-16)22(29)28(27-20)17-11-5-2-6-12-17/h1-15,27H. The number of aromatic nitrogens is 2. The molecule has 0 atom stereocenters. The number of azo groups is 1. The fourth-order valence-electron chi connectivity index (χ4n) is 2.68. The summed E-state index contributed by atoms with van der Waals surface area (Å²) in [6.07, 6.45) is 1.53. The zero-order valence-electron chi connectivity index (χ0n) is 15.2. The molecule has 0 aliphatic heterocycles. The third-order valence-electron chi connectivity index (χ3n) is 4.11. The first-order valence-electron chi connectivity index (χ1n) is 8.88. The lowest BCUT2D eigenvalue weighted by atomic mass is 10.3. The molecule has 29 heavy (non-hydrogen) atoms. The van der Waals surface area contributed by atoms with Gasteiger partial charge in [0, 0.05) is 0 Å². The molecule has 0 spiro atoms. The molecule has 0 saturated carbocycles. The fourth-order valence-corrected chi connectivity index (χ4v) is 2.87. The number of rotatable bonds is 5. The molecular formula is C22H16ClN5O. The maximum Gasteiger partial charge on any atom is 0.299 e. The quantitative estimate of drug-likeness (QED) is 0.324. The van der Waals surface area contributed by atoms with Gasteiger partial charge in [-0.1, -0.05) is 60.1 Å². The Morgan fingerprint density at radius 3 is 2.21 bits per heavy atom. The highest BCUT2D eigenvalue weighted by atomic mass is 35.5. The van der Waals surface area contributed by atoms with Gasteiger partial charge in [0.15, 0.2) is 5.69 Å². The number of para-hydroxylation sites is 2. The molecule has 0 aliphatic carbocycles. The van der Waals surface area contributed by atoms with Crippen LogP contribution in [0.15, 0.2) is 105 Å². The van der Waals surface area contributed by atoms with Crippen LogP contribution < -0.4 is 5.56 Å². The lowest BCUT2D eigenvalue weighted by molar-refractivity contribution is 0.846. The molecule has 6 nitrogen and oxygen atoms in total. The van der Waals surface area contributed by atoms with Crippen LogP contribution in [0.1, 0.15) is 5.69 Å². The van der Waals surface area contributed by atoms with Crippen LogP contribution in [0.3, 0.4) is 0 Å². The van der Waals surface area contributed by atoms with Gasteiger partial charge in [-0.2, -0.15) is 5.11 Å². The third-order valence-corrected chi connectivity index (χ3v) is 4.43. The Balaban J connectivity index is 1.79. The van der Waals surface area contributed by atoms with E-state index in [0.29, 0.717) is 27.8 Å². The number of aromatic amines is 1. The molecule has 0 saturated heterocycles. The van der Waals surface area contributed by atoms with Crippen molar-refractivity contribution in [1.29, 1.82) is 0 Å².